The van der Waals surface area contributed by atoms with E-state index in [0.29, 0.717) is 33.9 Å². The van der Waals surface area contributed by atoms with Gasteiger partial charge in [-0.25, -0.2) is 0 Å². The van der Waals surface area contributed by atoms with E-state index in [1.165, 1.54) is 4.90 Å². The fourth-order valence-electron chi connectivity index (χ4n) is 7.96. The maximum absolute atomic E-state index is 14.4. The first-order valence-corrected chi connectivity index (χ1v) is 18.3. The van der Waals surface area contributed by atoms with E-state index in [-0.39, 0.29) is 37.4 Å². The largest absolute Gasteiger partial charge is 0.491 e. The molecule has 0 bridgehead atoms. The van der Waals surface area contributed by atoms with Gasteiger partial charge in [-0.3, -0.25) is 29.0 Å². The summed E-state index contributed by atoms with van der Waals surface area (Å²) in [4.78, 5) is 56.7. The highest BCUT2D eigenvalue weighted by atomic mass is 79.9. The van der Waals surface area contributed by atoms with Crippen molar-refractivity contribution in [1.82, 2.24) is 4.90 Å². The zero-order valence-electron chi connectivity index (χ0n) is 27.7. The summed E-state index contributed by atoms with van der Waals surface area (Å²) in [5.41, 5.74) is 3.65. The molecular weight excluding hydrogens is 761 g/mol. The van der Waals surface area contributed by atoms with Gasteiger partial charge in [0.25, 0.3) is 11.8 Å². The average Bonchev–Trinajstić information content (AvgIpc) is 3.47. The van der Waals surface area contributed by atoms with Gasteiger partial charge in [-0.05, 0) is 73.4 Å². The number of anilines is 2. The summed E-state index contributed by atoms with van der Waals surface area (Å²) in [6, 6.07) is 21.2. The SMILES string of the molecule is CN(C)c1ccc(N=Nc2ccc(N3C(=O)C4CC=C5C(CC6(Cl)C(=O)N(CBr)C(=O)C6(Cl)C5c5ccccc5OCCO)C4C3=O)cc2)cc1. The topological polar surface area (TPSA) is 132 Å². The van der Waals surface area contributed by atoms with Crippen LogP contribution in [0, 0.1) is 17.8 Å². The summed E-state index contributed by atoms with van der Waals surface area (Å²) in [5.74, 6) is -4.99. The minimum atomic E-state index is -1.96. The van der Waals surface area contributed by atoms with Crippen molar-refractivity contribution in [1.29, 1.82) is 0 Å². The van der Waals surface area contributed by atoms with Gasteiger partial charge in [0.2, 0.25) is 11.8 Å². The number of likely N-dealkylation sites (tertiary alicyclic amines) is 1. The lowest BCUT2D eigenvalue weighted by Crippen LogP contribution is -2.60. The highest BCUT2D eigenvalue weighted by Gasteiger charge is 2.76. The summed E-state index contributed by atoms with van der Waals surface area (Å²) in [6.07, 6.45) is 1.97. The zero-order valence-corrected chi connectivity index (χ0v) is 30.8. The molecule has 4 aliphatic rings. The number of benzene rings is 3. The van der Waals surface area contributed by atoms with Crippen molar-refractivity contribution in [3.8, 4) is 5.75 Å². The second-order valence-electron chi connectivity index (χ2n) is 13.2. The number of aliphatic hydroxyl groups excluding tert-OH is 1. The standard InChI is InChI=1S/C37H34BrCl2N5O6/c1-43(2)23-11-7-21(8-12-23)41-42-22-9-13-24(14-10-22)45-32(47)27-16-15-25-28(30(27)33(45)48)19-36(39)34(49)44(20-38)35(50)37(36,40)31(25)26-5-3-4-6-29(26)51-18-17-46/h3-15,27-28,30-31,46H,16-20H2,1-2H3. The molecule has 1 saturated carbocycles. The van der Waals surface area contributed by atoms with Crippen LogP contribution in [0.5, 0.6) is 5.75 Å². The maximum atomic E-state index is 14.4. The van der Waals surface area contributed by atoms with Crippen LogP contribution < -0.4 is 14.5 Å². The first-order chi connectivity index (χ1) is 24.5. The first-order valence-electron chi connectivity index (χ1n) is 16.5. The molecule has 3 fully saturated rings. The Morgan fingerprint density at radius 1 is 0.902 bits per heavy atom. The number of aliphatic hydroxyl groups is 1. The van der Waals surface area contributed by atoms with Crippen molar-refractivity contribution in [2.75, 3.05) is 42.6 Å². The van der Waals surface area contributed by atoms with E-state index in [1.807, 2.05) is 49.3 Å². The Labute approximate surface area is 313 Å². The number of ether oxygens (including phenoxy) is 1. The Morgan fingerprint density at radius 2 is 1.55 bits per heavy atom. The molecule has 2 saturated heterocycles. The highest BCUT2D eigenvalue weighted by Crippen LogP contribution is 2.66. The van der Waals surface area contributed by atoms with Gasteiger partial charge in [-0.1, -0.05) is 45.8 Å². The van der Waals surface area contributed by atoms with Crippen molar-refractivity contribution >= 4 is 85.5 Å². The molecule has 51 heavy (non-hydrogen) atoms. The summed E-state index contributed by atoms with van der Waals surface area (Å²) >= 11 is 17.9. The summed E-state index contributed by atoms with van der Waals surface area (Å²) in [5, 5.41) is 18.1. The minimum absolute atomic E-state index is 0.0232. The van der Waals surface area contributed by atoms with E-state index >= 15 is 0 Å². The Kier molecular flexibility index (Phi) is 9.32. The number of fused-ring (bicyclic) bond motifs is 4. The van der Waals surface area contributed by atoms with Gasteiger partial charge >= 0.3 is 0 Å². The van der Waals surface area contributed by atoms with Crippen molar-refractivity contribution in [3.63, 3.8) is 0 Å². The Bertz CT molecular complexity index is 1970. The van der Waals surface area contributed by atoms with Crippen LogP contribution in [0.1, 0.15) is 24.3 Å². The van der Waals surface area contributed by atoms with Gasteiger partial charge in [-0.15, -0.1) is 23.2 Å². The normalized spacial score (nSPS) is 28.5. The van der Waals surface area contributed by atoms with Gasteiger partial charge in [0.15, 0.2) is 9.75 Å². The fraction of sp³-hybridized carbons (Fsp3) is 0.351. The minimum Gasteiger partial charge on any atom is -0.491 e. The molecule has 14 heteroatoms. The molecule has 2 aliphatic carbocycles. The lowest BCUT2D eigenvalue weighted by molar-refractivity contribution is -0.138. The highest BCUT2D eigenvalue weighted by molar-refractivity contribution is 9.09. The molecule has 11 nitrogen and oxygen atoms in total. The molecule has 4 amide bonds. The van der Waals surface area contributed by atoms with Crippen molar-refractivity contribution < 1.29 is 29.0 Å². The van der Waals surface area contributed by atoms with Crippen LogP contribution in [-0.4, -0.2) is 76.1 Å². The smallest absolute Gasteiger partial charge is 0.254 e. The monoisotopic (exact) mass is 793 g/mol. The van der Waals surface area contributed by atoms with Gasteiger partial charge in [0, 0.05) is 31.3 Å². The number of carbonyl (C=O) groups excluding carboxylic acids is 4. The molecule has 2 heterocycles. The number of azo groups is 1. The van der Waals surface area contributed by atoms with Crippen molar-refractivity contribution in [2.24, 2.45) is 28.0 Å². The van der Waals surface area contributed by atoms with E-state index in [2.05, 4.69) is 26.2 Å². The number of nitrogens with zero attached hydrogens (tertiary/aromatic N) is 5. The molecule has 0 aromatic heterocycles. The van der Waals surface area contributed by atoms with Crippen LogP contribution in [0.2, 0.25) is 0 Å². The Balaban J connectivity index is 1.23. The second kappa shape index (κ2) is 13.5. The number of allylic oxidation sites excluding steroid dienone is 2. The van der Waals surface area contributed by atoms with Gasteiger partial charge < -0.3 is 14.7 Å². The molecule has 0 spiro atoms. The van der Waals surface area contributed by atoms with E-state index in [4.69, 9.17) is 27.9 Å². The summed E-state index contributed by atoms with van der Waals surface area (Å²) in [7, 11) is 3.91. The molecule has 2 aliphatic heterocycles. The zero-order chi connectivity index (χ0) is 36.2. The number of hydrogen-bond acceptors (Lipinski definition) is 9. The molecule has 0 radical (unpaired) electrons. The third-order valence-electron chi connectivity index (χ3n) is 10.3. The number of hydrogen-bond donors (Lipinski definition) is 1. The van der Waals surface area contributed by atoms with E-state index in [0.717, 1.165) is 10.6 Å². The van der Waals surface area contributed by atoms with Crippen LogP contribution in [0.25, 0.3) is 0 Å². The number of halogens is 3. The molecule has 264 valence electrons. The van der Waals surface area contributed by atoms with Crippen LogP contribution in [0.4, 0.5) is 22.7 Å². The van der Waals surface area contributed by atoms with Gasteiger partial charge in [0.05, 0.1) is 41.0 Å². The Hall–Kier alpha value is -4.10. The van der Waals surface area contributed by atoms with Crippen LogP contribution in [-0.2, 0) is 19.2 Å². The molecule has 1 N–H and O–H groups in total. The first kappa shape index (κ1) is 35.3. The van der Waals surface area contributed by atoms with E-state index < -0.39 is 51.1 Å². The lowest BCUT2D eigenvalue weighted by Gasteiger charge is -2.51. The van der Waals surface area contributed by atoms with Gasteiger partial charge in [0.1, 0.15) is 12.4 Å². The quantitative estimate of drug-likeness (QED) is 0.0866. The van der Waals surface area contributed by atoms with Crippen molar-refractivity contribution in [2.45, 2.75) is 28.5 Å². The molecular formula is C37H34BrCl2N5O6. The van der Waals surface area contributed by atoms with Crippen LogP contribution in [0.3, 0.4) is 0 Å². The molecule has 6 atom stereocenters. The molecule has 3 aromatic carbocycles. The third-order valence-corrected chi connectivity index (χ3v) is 12.3. The average molecular weight is 796 g/mol. The maximum Gasteiger partial charge on any atom is 0.254 e. The number of imide groups is 2. The molecule has 3 aromatic rings. The number of carbonyl (C=O) groups is 4. The van der Waals surface area contributed by atoms with E-state index in [9.17, 15) is 24.3 Å². The van der Waals surface area contributed by atoms with Crippen LogP contribution in [0.15, 0.2) is 94.7 Å². The van der Waals surface area contributed by atoms with Gasteiger partial charge in [-0.2, -0.15) is 10.2 Å². The van der Waals surface area contributed by atoms with Crippen molar-refractivity contribution in [3.05, 3.63) is 90.0 Å². The summed E-state index contributed by atoms with van der Waals surface area (Å²) in [6.45, 7) is -0.278. The number of alkyl halides is 3. The Morgan fingerprint density at radius 3 is 2.18 bits per heavy atom. The number of rotatable bonds is 9. The predicted molar refractivity (Wildman–Crippen MR) is 196 cm³/mol. The second-order valence-corrected chi connectivity index (χ2v) is 15.0. The fourth-order valence-corrected chi connectivity index (χ4v) is 9.38. The lowest BCUT2D eigenvalue weighted by atomic mass is 9.56. The number of para-hydroxylation sites is 1. The summed E-state index contributed by atoms with van der Waals surface area (Å²) < 4.78 is 5.88. The molecule has 6 unspecified atom stereocenters. The number of amides is 4. The predicted octanol–water partition coefficient (Wildman–Crippen LogP) is 6.45. The molecule has 7 rings (SSSR count). The van der Waals surface area contributed by atoms with Crippen LogP contribution >= 0.6 is 39.1 Å². The van der Waals surface area contributed by atoms with E-state index in [1.54, 1.807) is 48.5 Å². The third kappa shape index (κ3) is 5.49.